The van der Waals surface area contributed by atoms with Gasteiger partial charge in [-0.3, -0.25) is 4.79 Å². The Morgan fingerprint density at radius 1 is 1.10 bits per heavy atom. The van der Waals surface area contributed by atoms with Crippen molar-refractivity contribution in [1.82, 2.24) is 0 Å². The van der Waals surface area contributed by atoms with Gasteiger partial charge >= 0.3 is 0 Å². The van der Waals surface area contributed by atoms with E-state index in [4.69, 9.17) is 9.47 Å². The van der Waals surface area contributed by atoms with Crippen LogP contribution < -0.4 is 9.47 Å². The zero-order chi connectivity index (χ0) is 14.5. The van der Waals surface area contributed by atoms with Crippen molar-refractivity contribution < 1.29 is 14.3 Å². The van der Waals surface area contributed by atoms with Gasteiger partial charge in [-0.05, 0) is 52.3 Å². The molecule has 0 aromatic heterocycles. The number of hydrogen-bond acceptors (Lipinski definition) is 3. The fourth-order valence-electron chi connectivity index (χ4n) is 1.73. The van der Waals surface area contributed by atoms with Crippen LogP contribution in [0.1, 0.15) is 15.9 Å². The van der Waals surface area contributed by atoms with Crippen LogP contribution in [0.3, 0.4) is 0 Å². The van der Waals surface area contributed by atoms with E-state index in [2.05, 4.69) is 31.9 Å². The average Bonchev–Trinajstić information content (AvgIpc) is 2.46. The number of ether oxygens (including phenoxy) is 2. The standard InChI is InChI=1S/C15H12Br2O3/c1-19-14-4-2-10(8-18)6-11(14)9-20-15-5-3-12(16)7-13(15)17/h2-8H,9H2,1H3. The Hall–Kier alpha value is -1.33. The summed E-state index contributed by atoms with van der Waals surface area (Å²) in [5.74, 6) is 1.43. The number of carbonyl (C=O) groups excluding carboxylic acids is 1. The molecular weight excluding hydrogens is 388 g/mol. The lowest BCUT2D eigenvalue weighted by molar-refractivity contribution is 0.112. The number of methoxy groups -OCH3 is 1. The van der Waals surface area contributed by atoms with E-state index in [0.29, 0.717) is 17.9 Å². The van der Waals surface area contributed by atoms with Crippen LogP contribution in [0.15, 0.2) is 45.3 Å². The minimum atomic E-state index is 0.324. The van der Waals surface area contributed by atoms with Crippen molar-refractivity contribution in [1.29, 1.82) is 0 Å². The zero-order valence-electron chi connectivity index (χ0n) is 10.7. The first-order valence-corrected chi connectivity index (χ1v) is 7.42. The molecule has 0 radical (unpaired) electrons. The van der Waals surface area contributed by atoms with Crippen molar-refractivity contribution in [3.63, 3.8) is 0 Å². The third-order valence-electron chi connectivity index (χ3n) is 2.72. The Labute approximate surface area is 134 Å². The number of rotatable bonds is 5. The van der Waals surface area contributed by atoms with E-state index in [0.717, 1.165) is 26.5 Å². The van der Waals surface area contributed by atoms with Crippen molar-refractivity contribution in [2.75, 3.05) is 7.11 Å². The number of carbonyl (C=O) groups is 1. The molecule has 0 spiro atoms. The molecule has 0 aliphatic carbocycles. The van der Waals surface area contributed by atoms with Gasteiger partial charge in [-0.25, -0.2) is 0 Å². The molecule has 2 aromatic carbocycles. The highest BCUT2D eigenvalue weighted by Crippen LogP contribution is 2.30. The summed E-state index contributed by atoms with van der Waals surface area (Å²) < 4.78 is 12.9. The van der Waals surface area contributed by atoms with E-state index in [-0.39, 0.29) is 0 Å². The Morgan fingerprint density at radius 2 is 1.85 bits per heavy atom. The molecule has 0 heterocycles. The largest absolute Gasteiger partial charge is 0.496 e. The highest BCUT2D eigenvalue weighted by molar-refractivity contribution is 9.11. The first-order chi connectivity index (χ1) is 9.63. The van der Waals surface area contributed by atoms with Gasteiger partial charge in [-0.15, -0.1) is 0 Å². The van der Waals surface area contributed by atoms with Gasteiger partial charge in [0.2, 0.25) is 0 Å². The number of benzene rings is 2. The molecule has 0 amide bonds. The van der Waals surface area contributed by atoms with E-state index >= 15 is 0 Å². The molecule has 0 aliphatic rings. The number of hydrogen-bond donors (Lipinski definition) is 0. The second kappa shape index (κ2) is 6.90. The molecule has 104 valence electrons. The van der Waals surface area contributed by atoms with Crippen molar-refractivity contribution in [2.24, 2.45) is 0 Å². The lowest BCUT2D eigenvalue weighted by Crippen LogP contribution is -2.00. The summed E-state index contributed by atoms with van der Waals surface area (Å²) in [6.07, 6.45) is 0.804. The van der Waals surface area contributed by atoms with Crippen LogP contribution in [-0.4, -0.2) is 13.4 Å². The smallest absolute Gasteiger partial charge is 0.150 e. The lowest BCUT2D eigenvalue weighted by atomic mass is 10.1. The third kappa shape index (κ3) is 3.61. The fourth-order valence-corrected chi connectivity index (χ4v) is 2.89. The molecule has 0 bridgehead atoms. The Morgan fingerprint density at radius 3 is 2.50 bits per heavy atom. The van der Waals surface area contributed by atoms with Gasteiger partial charge in [0.25, 0.3) is 0 Å². The summed E-state index contributed by atoms with van der Waals surface area (Å²) in [4.78, 5) is 10.8. The molecule has 3 nitrogen and oxygen atoms in total. The fraction of sp³-hybridized carbons (Fsp3) is 0.133. The van der Waals surface area contributed by atoms with E-state index in [1.807, 2.05) is 18.2 Å². The molecule has 0 fully saturated rings. The Bertz CT molecular complexity index is 627. The van der Waals surface area contributed by atoms with Crippen LogP contribution in [0.5, 0.6) is 11.5 Å². The summed E-state index contributed by atoms with van der Waals surface area (Å²) >= 11 is 6.83. The van der Waals surface area contributed by atoms with Crippen LogP contribution >= 0.6 is 31.9 Å². The van der Waals surface area contributed by atoms with Gasteiger partial charge in [-0.1, -0.05) is 15.9 Å². The van der Waals surface area contributed by atoms with E-state index in [1.165, 1.54) is 0 Å². The normalized spacial score (nSPS) is 10.2. The predicted octanol–water partition coefficient (Wildman–Crippen LogP) is 4.61. The van der Waals surface area contributed by atoms with Gasteiger partial charge in [0.15, 0.2) is 0 Å². The van der Waals surface area contributed by atoms with Crippen LogP contribution in [0.25, 0.3) is 0 Å². The second-order valence-electron chi connectivity index (χ2n) is 4.05. The predicted molar refractivity (Wildman–Crippen MR) is 84.6 cm³/mol. The SMILES string of the molecule is COc1ccc(C=O)cc1COc1ccc(Br)cc1Br. The van der Waals surface area contributed by atoms with Crippen LogP contribution in [0.2, 0.25) is 0 Å². The molecular formula is C15H12Br2O3. The highest BCUT2D eigenvalue weighted by Gasteiger charge is 2.07. The molecule has 2 aromatic rings. The van der Waals surface area contributed by atoms with Gasteiger partial charge in [0.05, 0.1) is 11.6 Å². The van der Waals surface area contributed by atoms with E-state index < -0.39 is 0 Å². The minimum Gasteiger partial charge on any atom is -0.496 e. The number of aldehydes is 1. The molecule has 0 N–H and O–H groups in total. The highest BCUT2D eigenvalue weighted by atomic mass is 79.9. The summed E-state index contributed by atoms with van der Waals surface area (Å²) in [5.41, 5.74) is 1.42. The van der Waals surface area contributed by atoms with Crippen LogP contribution in [0.4, 0.5) is 0 Å². The molecule has 5 heteroatoms. The third-order valence-corrected chi connectivity index (χ3v) is 3.83. The number of halogens is 2. The van der Waals surface area contributed by atoms with Crippen LogP contribution in [-0.2, 0) is 6.61 Å². The van der Waals surface area contributed by atoms with E-state index in [9.17, 15) is 4.79 Å². The average molecular weight is 400 g/mol. The lowest BCUT2D eigenvalue weighted by Gasteiger charge is -2.12. The first kappa shape index (κ1) is 15.1. The molecule has 0 atom stereocenters. The molecule has 20 heavy (non-hydrogen) atoms. The molecule has 0 saturated heterocycles. The summed E-state index contributed by atoms with van der Waals surface area (Å²) in [6.45, 7) is 0.324. The summed E-state index contributed by atoms with van der Waals surface area (Å²) in [6, 6.07) is 10.9. The Balaban J connectivity index is 2.19. The van der Waals surface area contributed by atoms with Crippen molar-refractivity contribution in [2.45, 2.75) is 6.61 Å². The quantitative estimate of drug-likeness (QED) is 0.688. The first-order valence-electron chi connectivity index (χ1n) is 5.84. The molecule has 0 saturated carbocycles. The minimum absolute atomic E-state index is 0.324. The topological polar surface area (TPSA) is 35.5 Å². The Kier molecular flexibility index (Phi) is 5.20. The zero-order valence-corrected chi connectivity index (χ0v) is 13.9. The van der Waals surface area contributed by atoms with Gasteiger partial charge in [0.1, 0.15) is 24.4 Å². The van der Waals surface area contributed by atoms with Gasteiger partial charge in [0, 0.05) is 15.6 Å². The van der Waals surface area contributed by atoms with E-state index in [1.54, 1.807) is 25.3 Å². The maximum Gasteiger partial charge on any atom is 0.150 e. The van der Waals surface area contributed by atoms with Crippen molar-refractivity contribution >= 4 is 38.1 Å². The molecule has 0 unspecified atom stereocenters. The maximum atomic E-state index is 10.8. The summed E-state index contributed by atoms with van der Waals surface area (Å²) in [7, 11) is 1.59. The molecule has 0 aliphatic heterocycles. The second-order valence-corrected chi connectivity index (χ2v) is 5.82. The van der Waals surface area contributed by atoms with Gasteiger partial charge < -0.3 is 9.47 Å². The van der Waals surface area contributed by atoms with Crippen LogP contribution in [0, 0.1) is 0 Å². The monoisotopic (exact) mass is 398 g/mol. The molecule has 2 rings (SSSR count). The maximum absolute atomic E-state index is 10.8. The van der Waals surface area contributed by atoms with Crippen molar-refractivity contribution in [3.05, 3.63) is 56.5 Å². The van der Waals surface area contributed by atoms with Gasteiger partial charge in [-0.2, -0.15) is 0 Å². The summed E-state index contributed by atoms with van der Waals surface area (Å²) in [5, 5.41) is 0. The van der Waals surface area contributed by atoms with Crippen molar-refractivity contribution in [3.8, 4) is 11.5 Å².